The predicted octanol–water partition coefficient (Wildman–Crippen LogP) is 8.77. The van der Waals surface area contributed by atoms with Gasteiger partial charge in [0, 0.05) is 19.0 Å². The summed E-state index contributed by atoms with van der Waals surface area (Å²) in [5, 5.41) is 2.83. The minimum absolute atomic E-state index is 0.0154. The Morgan fingerprint density at radius 2 is 1.50 bits per heavy atom. The molecule has 0 spiro atoms. The van der Waals surface area contributed by atoms with Crippen LogP contribution in [0.15, 0.2) is 135 Å². The second kappa shape index (κ2) is 14.6. The summed E-state index contributed by atoms with van der Waals surface area (Å²) >= 11 is 2.61. The van der Waals surface area contributed by atoms with Gasteiger partial charge in [-0.25, -0.2) is 13.4 Å². The zero-order valence-electron chi connectivity index (χ0n) is 26.4. The van der Waals surface area contributed by atoms with Gasteiger partial charge in [0.25, 0.3) is 10.0 Å². The molecule has 242 valence electrons. The highest BCUT2D eigenvalue weighted by atomic mass is 32.2. The number of carbonyl (C=O) groups excluding carboxylic acids is 2. The molecule has 0 radical (unpaired) electrons. The number of rotatable bonds is 12. The average molecular weight is 692 g/mol. The first-order chi connectivity index (χ1) is 23.2. The van der Waals surface area contributed by atoms with Gasteiger partial charge < -0.3 is 5.32 Å². The summed E-state index contributed by atoms with van der Waals surface area (Å²) in [6.45, 7) is 3.44. The lowest BCUT2D eigenvalue weighted by atomic mass is 10.0. The van der Waals surface area contributed by atoms with E-state index in [0.29, 0.717) is 39.0 Å². The molecule has 5 aromatic carbocycles. The number of fused-ring (bicyclic) bond motifs is 1. The molecule has 6 aromatic rings. The predicted molar refractivity (Wildman–Crippen MR) is 195 cm³/mol. The highest BCUT2D eigenvalue weighted by Crippen LogP contribution is 2.44. The van der Waals surface area contributed by atoms with E-state index < -0.39 is 15.8 Å². The second-order valence-corrected chi connectivity index (χ2v) is 15.3. The number of hydrogen-bond donors (Lipinski definition) is 1. The number of para-hydroxylation sites is 2. The van der Waals surface area contributed by atoms with Crippen LogP contribution in [0.25, 0.3) is 10.2 Å². The van der Waals surface area contributed by atoms with Gasteiger partial charge in [0.15, 0.2) is 10.1 Å². The maximum absolute atomic E-state index is 15.0. The van der Waals surface area contributed by atoms with Crippen molar-refractivity contribution < 1.29 is 18.0 Å². The van der Waals surface area contributed by atoms with Crippen LogP contribution >= 0.6 is 23.1 Å². The summed E-state index contributed by atoms with van der Waals surface area (Å²) in [5.74, 6) is -0.823. The molecule has 1 heterocycles. The van der Waals surface area contributed by atoms with Crippen LogP contribution in [-0.4, -0.2) is 31.6 Å². The molecule has 1 N–H and O–H groups in total. The number of sulfonamides is 1. The number of hydrogen-bond acceptors (Lipinski definition) is 7. The fourth-order valence-electron chi connectivity index (χ4n) is 5.51. The van der Waals surface area contributed by atoms with E-state index in [1.54, 1.807) is 42.5 Å². The van der Waals surface area contributed by atoms with Gasteiger partial charge in [0.1, 0.15) is 0 Å². The normalized spacial score (nSPS) is 11.4. The molecule has 1 aromatic heterocycles. The van der Waals surface area contributed by atoms with Crippen LogP contribution in [0.4, 0.5) is 11.4 Å². The van der Waals surface area contributed by atoms with E-state index in [2.05, 4.69) is 5.32 Å². The average Bonchev–Trinajstić information content (AvgIpc) is 3.50. The number of ketones is 1. The van der Waals surface area contributed by atoms with E-state index >= 15 is 8.42 Å². The van der Waals surface area contributed by atoms with Gasteiger partial charge in [0.05, 0.1) is 36.9 Å². The van der Waals surface area contributed by atoms with Crippen molar-refractivity contribution in [1.82, 2.24) is 4.98 Å². The van der Waals surface area contributed by atoms with Gasteiger partial charge in [-0.2, -0.15) is 0 Å². The Kier molecular flexibility index (Phi) is 10.0. The maximum Gasteiger partial charge on any atom is 0.265 e. The van der Waals surface area contributed by atoms with Gasteiger partial charge in [-0.05, 0) is 61.2 Å². The summed E-state index contributed by atoms with van der Waals surface area (Å²) in [6, 6.07) is 36.5. The fourth-order valence-corrected chi connectivity index (χ4v) is 9.57. The molecule has 7 nitrogen and oxygen atoms in total. The van der Waals surface area contributed by atoms with E-state index in [1.165, 1.54) is 40.4 Å². The molecule has 10 heteroatoms. The van der Waals surface area contributed by atoms with Crippen molar-refractivity contribution in [3.63, 3.8) is 0 Å². The number of aryl methyl sites for hydroxylation is 2. The molecule has 1 amide bonds. The lowest BCUT2D eigenvalue weighted by molar-refractivity contribution is -0.114. The molecule has 0 saturated heterocycles. The molecule has 48 heavy (non-hydrogen) atoms. The van der Waals surface area contributed by atoms with Crippen molar-refractivity contribution in [2.75, 3.05) is 16.2 Å². The molecule has 6 rings (SSSR count). The third kappa shape index (κ3) is 7.21. The van der Waals surface area contributed by atoms with E-state index in [1.807, 2.05) is 79.7 Å². The molecular weight excluding hydrogens is 659 g/mol. The van der Waals surface area contributed by atoms with E-state index in [4.69, 9.17) is 4.98 Å². The molecule has 0 aliphatic rings. The van der Waals surface area contributed by atoms with E-state index in [-0.39, 0.29) is 22.9 Å². The Balaban J connectivity index is 1.54. The van der Waals surface area contributed by atoms with Crippen molar-refractivity contribution in [3.8, 4) is 0 Å². The fraction of sp³-hybridized carbons (Fsp3) is 0.132. The smallest absolute Gasteiger partial charge is 0.265 e. The largest absolute Gasteiger partial charge is 0.325 e. The van der Waals surface area contributed by atoms with Crippen LogP contribution in [0.2, 0.25) is 0 Å². The lowest BCUT2D eigenvalue weighted by Crippen LogP contribution is -2.34. The third-order valence-corrected chi connectivity index (χ3v) is 11.9. The molecular formula is C38H33N3O4S3. The number of amides is 1. The number of aromatic nitrogens is 1. The zero-order valence-corrected chi connectivity index (χ0v) is 28.9. The lowest BCUT2D eigenvalue weighted by Gasteiger charge is -2.28. The standard InChI is InChI=1S/C38H33N3O4S3/c1-26-14-9-11-21-32(26)41(25-13-17-28-15-5-3-6-16-28)48(44,45)34-24-23-31(39-27(2)42)37(35(34)36(43)29-18-7-4-8-19-29)47-38-40-30-20-10-12-22-33(30)46-38/h3-12,14-16,18-24H,13,17,25H2,1-2H3,(H,39,42). The molecule has 0 aliphatic heterocycles. The minimum atomic E-state index is -4.33. The summed E-state index contributed by atoms with van der Waals surface area (Å²) in [7, 11) is -4.33. The van der Waals surface area contributed by atoms with Crippen LogP contribution in [0.3, 0.4) is 0 Å². The Bertz CT molecular complexity index is 2170. The quantitative estimate of drug-likeness (QED) is 0.129. The van der Waals surface area contributed by atoms with Crippen LogP contribution in [0.5, 0.6) is 0 Å². The zero-order chi connectivity index (χ0) is 33.7. The first-order valence-corrected chi connectivity index (χ1v) is 18.5. The van der Waals surface area contributed by atoms with Crippen molar-refractivity contribution in [2.45, 2.75) is 40.8 Å². The van der Waals surface area contributed by atoms with Gasteiger partial charge >= 0.3 is 0 Å². The summed E-state index contributed by atoms with van der Waals surface area (Å²) < 4.78 is 33.0. The van der Waals surface area contributed by atoms with Crippen molar-refractivity contribution in [3.05, 3.63) is 144 Å². The van der Waals surface area contributed by atoms with Crippen molar-refractivity contribution in [1.29, 1.82) is 0 Å². The van der Waals surface area contributed by atoms with Gasteiger partial charge in [0.2, 0.25) is 5.91 Å². The summed E-state index contributed by atoms with van der Waals surface area (Å²) in [5.41, 5.74) is 3.86. The van der Waals surface area contributed by atoms with Gasteiger partial charge in [-0.1, -0.05) is 103 Å². The number of thiazole rings is 1. The third-order valence-electron chi connectivity index (χ3n) is 7.78. The second-order valence-electron chi connectivity index (χ2n) is 11.2. The van der Waals surface area contributed by atoms with Crippen LogP contribution in [0.1, 0.15) is 40.4 Å². The topological polar surface area (TPSA) is 96.4 Å². The number of benzene rings is 5. The molecule has 0 saturated carbocycles. The van der Waals surface area contributed by atoms with E-state index in [0.717, 1.165) is 21.3 Å². The number of anilines is 2. The minimum Gasteiger partial charge on any atom is -0.325 e. The Morgan fingerprint density at radius 1 is 0.833 bits per heavy atom. The van der Waals surface area contributed by atoms with E-state index in [9.17, 15) is 9.59 Å². The molecule has 0 fully saturated rings. The number of nitrogens with zero attached hydrogens (tertiary/aromatic N) is 2. The Hall–Kier alpha value is -4.77. The first kappa shape index (κ1) is 33.1. The Labute approximate surface area is 288 Å². The SMILES string of the molecule is CC(=O)Nc1ccc(S(=O)(=O)N(CCCc2ccccc2)c2ccccc2C)c(C(=O)c2ccccc2)c1Sc1nc2ccccc2s1. The van der Waals surface area contributed by atoms with Crippen LogP contribution in [0, 0.1) is 6.92 Å². The van der Waals surface area contributed by atoms with Crippen LogP contribution in [-0.2, 0) is 21.2 Å². The van der Waals surface area contributed by atoms with Crippen molar-refractivity contribution in [2.24, 2.45) is 0 Å². The summed E-state index contributed by atoms with van der Waals surface area (Å²) in [4.78, 5) is 31.9. The first-order valence-electron chi connectivity index (χ1n) is 15.4. The Morgan fingerprint density at radius 3 is 2.21 bits per heavy atom. The van der Waals surface area contributed by atoms with Gasteiger partial charge in [-0.15, -0.1) is 11.3 Å². The molecule has 0 atom stereocenters. The molecule has 0 aliphatic carbocycles. The maximum atomic E-state index is 15.0. The number of nitrogens with one attached hydrogen (secondary N) is 1. The highest BCUT2D eigenvalue weighted by Gasteiger charge is 2.34. The van der Waals surface area contributed by atoms with Gasteiger partial charge in [-0.3, -0.25) is 13.9 Å². The molecule has 0 bridgehead atoms. The summed E-state index contributed by atoms with van der Waals surface area (Å²) in [6.07, 6.45) is 1.23. The van der Waals surface area contributed by atoms with Crippen molar-refractivity contribution >= 4 is 66.4 Å². The molecule has 0 unspecified atom stereocenters. The monoisotopic (exact) mass is 691 g/mol. The highest BCUT2D eigenvalue weighted by molar-refractivity contribution is 8.01. The van der Waals surface area contributed by atoms with Crippen LogP contribution < -0.4 is 9.62 Å². The number of carbonyl (C=O) groups is 2.